The summed E-state index contributed by atoms with van der Waals surface area (Å²) >= 11 is 0. The van der Waals surface area contributed by atoms with Crippen LogP contribution in [0.5, 0.6) is 0 Å². The fourth-order valence-electron chi connectivity index (χ4n) is 4.41. The third-order valence-corrected chi connectivity index (χ3v) is 5.83. The SMILES string of the molecule is CCCNC(=O)c1oc2c(c1C)/C(=N/NC(=O)Cc1coc3cc(C)cc(C)c13)CCC2. The fraction of sp³-hybridized carbons (Fsp3) is 0.400. The van der Waals surface area contributed by atoms with Crippen molar-refractivity contribution in [3.05, 3.63) is 57.7 Å². The normalized spacial score (nSPS) is 14.6. The van der Waals surface area contributed by atoms with Crippen LogP contribution in [-0.2, 0) is 17.6 Å². The second kappa shape index (κ2) is 9.02. The van der Waals surface area contributed by atoms with Gasteiger partial charge in [-0.3, -0.25) is 9.59 Å². The number of aryl methyl sites for hydroxylation is 3. The van der Waals surface area contributed by atoms with Gasteiger partial charge >= 0.3 is 0 Å². The molecule has 0 saturated carbocycles. The molecule has 0 bridgehead atoms. The first kappa shape index (κ1) is 21.9. The highest BCUT2D eigenvalue weighted by Crippen LogP contribution is 2.30. The molecular formula is C25H29N3O4. The molecule has 7 nitrogen and oxygen atoms in total. The second-order valence-corrected chi connectivity index (χ2v) is 8.45. The van der Waals surface area contributed by atoms with Crippen LogP contribution in [-0.4, -0.2) is 24.1 Å². The molecule has 4 rings (SSSR count). The van der Waals surface area contributed by atoms with Crippen LogP contribution in [0.25, 0.3) is 11.0 Å². The van der Waals surface area contributed by atoms with E-state index in [1.807, 2.05) is 33.8 Å². The molecule has 0 atom stereocenters. The molecule has 2 aromatic heterocycles. The first-order valence-electron chi connectivity index (χ1n) is 11.1. The predicted octanol–water partition coefficient (Wildman–Crippen LogP) is 4.49. The van der Waals surface area contributed by atoms with E-state index in [-0.39, 0.29) is 18.2 Å². The van der Waals surface area contributed by atoms with Gasteiger partial charge in [0.15, 0.2) is 5.76 Å². The van der Waals surface area contributed by atoms with E-state index >= 15 is 0 Å². The maximum absolute atomic E-state index is 12.7. The maximum Gasteiger partial charge on any atom is 0.287 e. The molecule has 2 heterocycles. The molecule has 0 radical (unpaired) electrons. The largest absolute Gasteiger partial charge is 0.464 e. The van der Waals surface area contributed by atoms with Crippen LogP contribution in [0.3, 0.4) is 0 Å². The number of nitrogens with one attached hydrogen (secondary N) is 2. The van der Waals surface area contributed by atoms with Gasteiger partial charge in [-0.1, -0.05) is 13.0 Å². The Morgan fingerprint density at radius 2 is 1.97 bits per heavy atom. The summed E-state index contributed by atoms with van der Waals surface area (Å²) < 4.78 is 11.5. The zero-order valence-electron chi connectivity index (χ0n) is 19.1. The molecule has 0 aliphatic heterocycles. The number of fused-ring (bicyclic) bond motifs is 2. The summed E-state index contributed by atoms with van der Waals surface area (Å²) in [4.78, 5) is 25.1. The molecule has 7 heteroatoms. The van der Waals surface area contributed by atoms with E-state index in [0.717, 1.165) is 75.9 Å². The number of carbonyl (C=O) groups excluding carboxylic acids is 2. The Labute approximate surface area is 187 Å². The van der Waals surface area contributed by atoms with Gasteiger partial charge in [0.2, 0.25) is 5.91 Å². The van der Waals surface area contributed by atoms with Crippen molar-refractivity contribution in [2.75, 3.05) is 6.54 Å². The maximum atomic E-state index is 12.7. The number of hydrazone groups is 1. The second-order valence-electron chi connectivity index (χ2n) is 8.45. The Bertz CT molecular complexity index is 1220. The number of furan rings is 2. The van der Waals surface area contributed by atoms with Crippen molar-refractivity contribution in [2.45, 2.75) is 59.8 Å². The van der Waals surface area contributed by atoms with Crippen LogP contribution in [0.4, 0.5) is 0 Å². The van der Waals surface area contributed by atoms with Crippen molar-refractivity contribution in [2.24, 2.45) is 5.10 Å². The monoisotopic (exact) mass is 435 g/mol. The van der Waals surface area contributed by atoms with Gasteiger partial charge in [0.05, 0.1) is 18.4 Å². The Morgan fingerprint density at radius 3 is 2.75 bits per heavy atom. The van der Waals surface area contributed by atoms with Crippen molar-refractivity contribution in [3.63, 3.8) is 0 Å². The zero-order valence-corrected chi connectivity index (χ0v) is 19.1. The van der Waals surface area contributed by atoms with E-state index in [4.69, 9.17) is 8.83 Å². The molecule has 1 aromatic carbocycles. The van der Waals surface area contributed by atoms with Gasteiger partial charge in [0.1, 0.15) is 11.3 Å². The standard InChI is InChI=1S/C25H29N3O4/c1-5-9-26-25(30)24-16(4)23-18(7-6-8-19(23)32-24)27-28-21(29)12-17-13-31-20-11-14(2)10-15(3)22(17)20/h10-11,13H,5-9,12H2,1-4H3,(H,26,30)(H,28,29)/b27-18+. The van der Waals surface area contributed by atoms with Crippen LogP contribution in [0.1, 0.15) is 70.3 Å². The highest BCUT2D eigenvalue weighted by molar-refractivity contribution is 6.06. The van der Waals surface area contributed by atoms with Gasteiger partial charge in [-0.2, -0.15) is 5.10 Å². The van der Waals surface area contributed by atoms with Crippen molar-refractivity contribution >= 4 is 28.5 Å². The van der Waals surface area contributed by atoms with Crippen LogP contribution >= 0.6 is 0 Å². The number of benzene rings is 1. The molecule has 0 spiro atoms. The Morgan fingerprint density at radius 1 is 1.16 bits per heavy atom. The number of hydrogen-bond donors (Lipinski definition) is 2. The van der Waals surface area contributed by atoms with E-state index in [9.17, 15) is 9.59 Å². The zero-order chi connectivity index (χ0) is 22.8. The molecule has 2 amide bonds. The summed E-state index contributed by atoms with van der Waals surface area (Å²) in [5.74, 6) is 0.671. The number of carbonyl (C=O) groups is 2. The molecule has 1 aliphatic carbocycles. The topological polar surface area (TPSA) is 96.8 Å². The van der Waals surface area contributed by atoms with Gasteiger partial charge in [0, 0.05) is 35.0 Å². The van der Waals surface area contributed by atoms with Crippen LogP contribution in [0.15, 0.2) is 32.3 Å². The lowest BCUT2D eigenvalue weighted by Crippen LogP contribution is -2.24. The lowest BCUT2D eigenvalue weighted by molar-refractivity contribution is -0.120. The molecule has 0 fully saturated rings. The Hall–Kier alpha value is -3.35. The molecular weight excluding hydrogens is 406 g/mol. The summed E-state index contributed by atoms with van der Waals surface area (Å²) in [6.07, 6.45) is 5.00. The molecule has 168 valence electrons. The summed E-state index contributed by atoms with van der Waals surface area (Å²) in [7, 11) is 0. The first-order valence-corrected chi connectivity index (χ1v) is 11.1. The van der Waals surface area contributed by atoms with Gasteiger partial charge in [-0.05, 0) is 57.2 Å². The van der Waals surface area contributed by atoms with Crippen LogP contribution < -0.4 is 10.7 Å². The van der Waals surface area contributed by atoms with Crippen LogP contribution in [0, 0.1) is 20.8 Å². The summed E-state index contributed by atoms with van der Waals surface area (Å²) in [5, 5.41) is 8.25. The lowest BCUT2D eigenvalue weighted by atomic mass is 9.93. The minimum absolute atomic E-state index is 0.176. The Kier molecular flexibility index (Phi) is 6.17. The van der Waals surface area contributed by atoms with Crippen molar-refractivity contribution in [1.82, 2.24) is 10.7 Å². The van der Waals surface area contributed by atoms with Crippen molar-refractivity contribution in [3.8, 4) is 0 Å². The number of nitrogens with zero attached hydrogens (tertiary/aromatic N) is 1. The smallest absolute Gasteiger partial charge is 0.287 e. The number of hydrogen-bond acceptors (Lipinski definition) is 5. The first-order chi connectivity index (χ1) is 15.4. The summed E-state index contributed by atoms with van der Waals surface area (Å²) in [5.41, 5.74) is 8.90. The molecule has 0 unspecified atom stereocenters. The molecule has 1 aliphatic rings. The highest BCUT2D eigenvalue weighted by atomic mass is 16.4. The van der Waals surface area contributed by atoms with Crippen molar-refractivity contribution < 1.29 is 18.4 Å². The summed E-state index contributed by atoms with van der Waals surface area (Å²) in [6.45, 7) is 8.51. The van der Waals surface area contributed by atoms with Gasteiger partial charge in [-0.25, -0.2) is 5.43 Å². The van der Waals surface area contributed by atoms with E-state index in [0.29, 0.717) is 12.3 Å². The third kappa shape index (κ3) is 4.20. The molecule has 32 heavy (non-hydrogen) atoms. The van der Waals surface area contributed by atoms with E-state index in [1.54, 1.807) is 6.26 Å². The fourth-order valence-corrected chi connectivity index (χ4v) is 4.41. The average Bonchev–Trinajstić information content (AvgIpc) is 3.31. The minimum atomic E-state index is -0.214. The minimum Gasteiger partial charge on any atom is -0.464 e. The number of rotatable bonds is 6. The van der Waals surface area contributed by atoms with E-state index in [1.165, 1.54) is 0 Å². The van der Waals surface area contributed by atoms with Crippen LogP contribution in [0.2, 0.25) is 0 Å². The summed E-state index contributed by atoms with van der Waals surface area (Å²) in [6, 6.07) is 4.06. The van der Waals surface area contributed by atoms with Gasteiger partial charge in [-0.15, -0.1) is 0 Å². The molecule has 2 N–H and O–H groups in total. The average molecular weight is 436 g/mol. The Balaban J connectivity index is 1.52. The molecule has 0 saturated heterocycles. The highest BCUT2D eigenvalue weighted by Gasteiger charge is 2.28. The van der Waals surface area contributed by atoms with Gasteiger partial charge in [0.25, 0.3) is 5.91 Å². The third-order valence-electron chi connectivity index (χ3n) is 5.83. The lowest BCUT2D eigenvalue weighted by Gasteiger charge is -2.13. The van der Waals surface area contributed by atoms with Gasteiger partial charge < -0.3 is 14.2 Å². The quantitative estimate of drug-likeness (QED) is 0.558. The van der Waals surface area contributed by atoms with Crippen molar-refractivity contribution in [1.29, 1.82) is 0 Å². The van der Waals surface area contributed by atoms with E-state index in [2.05, 4.69) is 21.9 Å². The number of amides is 2. The predicted molar refractivity (Wildman–Crippen MR) is 123 cm³/mol. The van der Waals surface area contributed by atoms with E-state index < -0.39 is 0 Å². The molecule has 3 aromatic rings.